The topological polar surface area (TPSA) is 80.3 Å². The molecule has 1 aliphatic rings. The number of nitrogens with zero attached hydrogens (tertiary/aromatic N) is 6. The van der Waals surface area contributed by atoms with Crippen LogP contribution in [0.3, 0.4) is 0 Å². The number of piperidine rings is 1. The Labute approximate surface area is 141 Å². The van der Waals surface area contributed by atoms with E-state index in [-0.39, 0.29) is 5.91 Å². The second-order valence-electron chi connectivity index (χ2n) is 6.45. The van der Waals surface area contributed by atoms with Gasteiger partial charge in [0.15, 0.2) is 5.82 Å². The molecule has 130 valence electrons. The van der Waals surface area contributed by atoms with Gasteiger partial charge in [-0.05, 0) is 31.2 Å². The van der Waals surface area contributed by atoms with Crippen LogP contribution in [0.2, 0.25) is 0 Å². The van der Waals surface area contributed by atoms with E-state index in [1.54, 1.807) is 15.8 Å². The summed E-state index contributed by atoms with van der Waals surface area (Å²) in [4.78, 5) is 20.3. The second-order valence-corrected chi connectivity index (χ2v) is 6.45. The molecule has 1 aliphatic heterocycles. The van der Waals surface area contributed by atoms with E-state index in [9.17, 15) is 4.79 Å². The molecule has 8 heteroatoms. The minimum atomic E-state index is 0.144. The molecule has 0 aliphatic carbocycles. The molecule has 3 heterocycles. The van der Waals surface area contributed by atoms with E-state index in [0.29, 0.717) is 18.5 Å². The molecule has 24 heavy (non-hydrogen) atoms. The van der Waals surface area contributed by atoms with Gasteiger partial charge in [-0.25, -0.2) is 0 Å². The van der Waals surface area contributed by atoms with Crippen molar-refractivity contribution in [3.05, 3.63) is 24.3 Å². The van der Waals surface area contributed by atoms with Crippen LogP contribution in [0, 0.1) is 5.92 Å². The molecule has 0 radical (unpaired) electrons. The molecule has 1 amide bonds. The molecule has 0 spiro atoms. The van der Waals surface area contributed by atoms with E-state index in [2.05, 4.69) is 15.2 Å². The summed E-state index contributed by atoms with van der Waals surface area (Å²) in [7, 11) is 3.76. The number of carbonyl (C=O) groups is 1. The third kappa shape index (κ3) is 4.12. The summed E-state index contributed by atoms with van der Waals surface area (Å²) >= 11 is 0. The molecule has 1 fully saturated rings. The number of anilines is 1. The maximum Gasteiger partial charge on any atom is 0.323 e. The van der Waals surface area contributed by atoms with Crippen molar-refractivity contribution in [2.45, 2.75) is 32.2 Å². The van der Waals surface area contributed by atoms with Crippen LogP contribution in [0.15, 0.2) is 23.0 Å². The van der Waals surface area contributed by atoms with Crippen LogP contribution in [0.4, 0.5) is 6.01 Å². The van der Waals surface area contributed by atoms with Gasteiger partial charge in [0.1, 0.15) is 6.54 Å². The predicted octanol–water partition coefficient (Wildman–Crippen LogP) is 1.20. The summed E-state index contributed by atoms with van der Waals surface area (Å²) in [6.45, 7) is 1.97. The number of aromatic nitrogens is 4. The van der Waals surface area contributed by atoms with Crippen LogP contribution < -0.4 is 4.90 Å². The number of aryl methyl sites for hydroxylation is 1. The number of carbonyl (C=O) groups excluding carboxylic acids is 1. The van der Waals surface area contributed by atoms with Gasteiger partial charge in [0.2, 0.25) is 5.91 Å². The molecule has 0 atom stereocenters. The lowest BCUT2D eigenvalue weighted by Gasteiger charge is -2.31. The first-order chi connectivity index (χ1) is 11.6. The highest BCUT2D eigenvalue weighted by molar-refractivity contribution is 5.75. The highest BCUT2D eigenvalue weighted by atomic mass is 16.5. The first-order valence-corrected chi connectivity index (χ1v) is 8.37. The van der Waals surface area contributed by atoms with Gasteiger partial charge in [0, 0.05) is 46.0 Å². The number of hydrogen-bond donors (Lipinski definition) is 0. The van der Waals surface area contributed by atoms with Crippen molar-refractivity contribution in [2.75, 3.05) is 32.1 Å². The minimum absolute atomic E-state index is 0.144. The summed E-state index contributed by atoms with van der Waals surface area (Å²) in [6.07, 6.45) is 7.43. The van der Waals surface area contributed by atoms with E-state index >= 15 is 0 Å². The zero-order valence-corrected chi connectivity index (χ0v) is 14.3. The van der Waals surface area contributed by atoms with E-state index in [1.807, 2.05) is 31.3 Å². The largest absolute Gasteiger partial charge is 0.341 e. The summed E-state index contributed by atoms with van der Waals surface area (Å²) < 4.78 is 6.84. The van der Waals surface area contributed by atoms with Gasteiger partial charge in [0.25, 0.3) is 0 Å². The highest BCUT2D eigenvalue weighted by Gasteiger charge is 2.23. The molecule has 1 saturated heterocycles. The van der Waals surface area contributed by atoms with Crippen molar-refractivity contribution in [3.63, 3.8) is 0 Å². The molecule has 0 bridgehead atoms. The molecule has 0 unspecified atom stereocenters. The molecule has 3 rings (SSSR count). The molecule has 0 aromatic carbocycles. The number of rotatable bonds is 6. The minimum Gasteiger partial charge on any atom is -0.341 e. The molecular formula is C16H24N6O2. The number of amides is 1. The fraction of sp³-hybridized carbons (Fsp3) is 0.625. The normalized spacial score (nSPS) is 15.7. The zero-order chi connectivity index (χ0) is 16.9. The van der Waals surface area contributed by atoms with Crippen LogP contribution >= 0.6 is 0 Å². The lowest BCUT2D eigenvalue weighted by Crippen LogP contribution is -2.40. The van der Waals surface area contributed by atoms with Gasteiger partial charge in [0.05, 0.1) is 0 Å². The average molecular weight is 332 g/mol. The molecule has 0 N–H and O–H groups in total. The van der Waals surface area contributed by atoms with Crippen LogP contribution in [-0.2, 0) is 17.8 Å². The van der Waals surface area contributed by atoms with Crippen molar-refractivity contribution < 1.29 is 9.32 Å². The first-order valence-electron chi connectivity index (χ1n) is 8.37. The van der Waals surface area contributed by atoms with Gasteiger partial charge in [-0.2, -0.15) is 10.1 Å². The SMILES string of the molecule is CN(C)c1nc(CCC2CCN(C(=O)Cn3cccn3)CC2)no1. The Hall–Kier alpha value is -2.38. The molecular weight excluding hydrogens is 308 g/mol. The Morgan fingerprint density at radius 3 is 2.79 bits per heavy atom. The Balaban J connectivity index is 1.40. The summed E-state index contributed by atoms with van der Waals surface area (Å²) in [5.41, 5.74) is 0. The lowest BCUT2D eigenvalue weighted by molar-refractivity contribution is -0.133. The second kappa shape index (κ2) is 7.46. The summed E-state index contributed by atoms with van der Waals surface area (Å²) in [6, 6.07) is 2.38. The quantitative estimate of drug-likeness (QED) is 0.791. The summed E-state index contributed by atoms with van der Waals surface area (Å²) in [5.74, 6) is 1.52. The predicted molar refractivity (Wildman–Crippen MR) is 88.5 cm³/mol. The van der Waals surface area contributed by atoms with Crippen LogP contribution in [0.25, 0.3) is 0 Å². The van der Waals surface area contributed by atoms with E-state index < -0.39 is 0 Å². The van der Waals surface area contributed by atoms with Crippen molar-refractivity contribution in [1.82, 2.24) is 24.8 Å². The van der Waals surface area contributed by atoms with Crippen LogP contribution in [0.5, 0.6) is 0 Å². The molecule has 8 nitrogen and oxygen atoms in total. The Bertz CT molecular complexity index is 643. The maximum absolute atomic E-state index is 12.2. The lowest BCUT2D eigenvalue weighted by atomic mass is 9.92. The van der Waals surface area contributed by atoms with Crippen LogP contribution in [-0.4, -0.2) is 57.9 Å². The van der Waals surface area contributed by atoms with Crippen molar-refractivity contribution >= 4 is 11.9 Å². The maximum atomic E-state index is 12.2. The smallest absolute Gasteiger partial charge is 0.323 e. The summed E-state index contributed by atoms with van der Waals surface area (Å²) in [5, 5.41) is 8.09. The fourth-order valence-electron chi connectivity index (χ4n) is 2.96. The van der Waals surface area contributed by atoms with Gasteiger partial charge < -0.3 is 14.3 Å². The zero-order valence-electron chi connectivity index (χ0n) is 14.3. The molecule has 2 aromatic rings. The first kappa shape index (κ1) is 16.5. The molecule has 0 saturated carbocycles. The standard InChI is InChI=1S/C16H24N6O2/c1-20(2)16-18-14(19-24-16)5-4-13-6-10-21(11-7-13)15(23)12-22-9-3-8-17-22/h3,8-9,13H,4-7,10-12H2,1-2H3. The van der Waals surface area contributed by atoms with Crippen molar-refractivity contribution in [3.8, 4) is 0 Å². The Kier molecular flexibility index (Phi) is 5.12. The number of hydrogen-bond acceptors (Lipinski definition) is 6. The van der Waals surface area contributed by atoms with Crippen LogP contribution in [0.1, 0.15) is 25.1 Å². The fourth-order valence-corrected chi connectivity index (χ4v) is 2.96. The van der Waals surface area contributed by atoms with E-state index in [1.165, 1.54) is 0 Å². The van der Waals surface area contributed by atoms with Gasteiger partial charge >= 0.3 is 6.01 Å². The Morgan fingerprint density at radius 1 is 1.38 bits per heavy atom. The third-order valence-corrected chi connectivity index (χ3v) is 4.44. The van der Waals surface area contributed by atoms with Crippen molar-refractivity contribution in [1.29, 1.82) is 0 Å². The highest BCUT2D eigenvalue weighted by Crippen LogP contribution is 2.22. The third-order valence-electron chi connectivity index (χ3n) is 4.44. The number of likely N-dealkylation sites (tertiary alicyclic amines) is 1. The van der Waals surface area contributed by atoms with Gasteiger partial charge in [-0.3, -0.25) is 9.48 Å². The Morgan fingerprint density at radius 2 is 2.17 bits per heavy atom. The monoisotopic (exact) mass is 332 g/mol. The average Bonchev–Trinajstić information content (AvgIpc) is 3.25. The van der Waals surface area contributed by atoms with E-state index in [4.69, 9.17) is 4.52 Å². The van der Waals surface area contributed by atoms with Gasteiger partial charge in [-0.15, -0.1) is 0 Å². The molecule has 2 aromatic heterocycles. The van der Waals surface area contributed by atoms with Gasteiger partial charge in [-0.1, -0.05) is 5.16 Å². The van der Waals surface area contributed by atoms with E-state index in [0.717, 1.165) is 44.6 Å². The van der Waals surface area contributed by atoms with Crippen molar-refractivity contribution in [2.24, 2.45) is 5.92 Å².